The first kappa shape index (κ1) is 18.1. The summed E-state index contributed by atoms with van der Waals surface area (Å²) < 4.78 is 65.8. The van der Waals surface area contributed by atoms with E-state index in [1.165, 1.54) is 6.20 Å². The molecule has 26 heavy (non-hydrogen) atoms. The topological polar surface area (TPSA) is 46.4 Å². The van der Waals surface area contributed by atoms with Crippen molar-refractivity contribution in [1.29, 1.82) is 0 Å². The zero-order chi connectivity index (χ0) is 19.1. The summed E-state index contributed by atoms with van der Waals surface area (Å²) in [6.45, 7) is 0. The summed E-state index contributed by atoms with van der Waals surface area (Å²) in [5, 5.41) is 2.01. The van der Waals surface area contributed by atoms with Gasteiger partial charge in [-0.1, -0.05) is 11.6 Å². The molecule has 0 radical (unpaired) electrons. The minimum absolute atomic E-state index is 0.0513. The average Bonchev–Trinajstić information content (AvgIpc) is 2.92. The number of imidazole rings is 1. The SMILES string of the molecule is O=C(Cc1cn2cc(C(F)(F)F)cc(Cl)c2n1)Nc1ccc(F)cc1F. The predicted molar refractivity (Wildman–Crippen MR) is 83.9 cm³/mol. The molecule has 136 valence electrons. The fourth-order valence-corrected chi connectivity index (χ4v) is 2.55. The van der Waals surface area contributed by atoms with E-state index >= 15 is 0 Å². The van der Waals surface area contributed by atoms with Crippen molar-refractivity contribution in [1.82, 2.24) is 9.38 Å². The van der Waals surface area contributed by atoms with Gasteiger partial charge in [0, 0.05) is 18.5 Å². The van der Waals surface area contributed by atoms with Crippen molar-refractivity contribution in [2.24, 2.45) is 0 Å². The van der Waals surface area contributed by atoms with Gasteiger partial charge in [-0.2, -0.15) is 13.2 Å². The molecule has 1 N–H and O–H groups in total. The number of fused-ring (bicyclic) bond motifs is 1. The number of pyridine rings is 1. The zero-order valence-corrected chi connectivity index (χ0v) is 13.5. The summed E-state index contributed by atoms with van der Waals surface area (Å²) in [7, 11) is 0. The number of alkyl halides is 3. The second-order valence-electron chi connectivity index (χ2n) is 5.39. The Hall–Kier alpha value is -2.68. The molecule has 1 aromatic carbocycles. The van der Waals surface area contributed by atoms with Crippen LogP contribution in [0.25, 0.3) is 5.65 Å². The Morgan fingerprint density at radius 1 is 1.19 bits per heavy atom. The van der Waals surface area contributed by atoms with Crippen LogP contribution in [0.15, 0.2) is 36.7 Å². The molecular weight excluding hydrogens is 381 g/mol. The highest BCUT2D eigenvalue weighted by atomic mass is 35.5. The number of anilines is 1. The van der Waals surface area contributed by atoms with E-state index in [0.29, 0.717) is 6.07 Å². The lowest BCUT2D eigenvalue weighted by Gasteiger charge is -2.07. The van der Waals surface area contributed by atoms with Gasteiger partial charge in [0.2, 0.25) is 5.91 Å². The number of aromatic nitrogens is 2. The van der Waals surface area contributed by atoms with Crippen LogP contribution in [0.1, 0.15) is 11.3 Å². The molecule has 0 spiro atoms. The van der Waals surface area contributed by atoms with Crippen molar-refractivity contribution in [3.05, 3.63) is 64.6 Å². The molecule has 10 heteroatoms. The second-order valence-corrected chi connectivity index (χ2v) is 5.79. The first-order chi connectivity index (χ1) is 12.1. The minimum atomic E-state index is -4.58. The second kappa shape index (κ2) is 6.56. The van der Waals surface area contributed by atoms with E-state index in [4.69, 9.17) is 11.6 Å². The molecule has 4 nitrogen and oxygen atoms in total. The molecule has 3 rings (SSSR count). The fraction of sp³-hybridized carbons (Fsp3) is 0.125. The molecule has 2 heterocycles. The number of hydrogen-bond donors (Lipinski definition) is 1. The Balaban J connectivity index is 1.82. The quantitative estimate of drug-likeness (QED) is 0.672. The van der Waals surface area contributed by atoms with Crippen LogP contribution in [0.4, 0.5) is 27.6 Å². The molecule has 0 unspecified atom stereocenters. The van der Waals surface area contributed by atoms with Gasteiger partial charge in [0.05, 0.1) is 28.4 Å². The van der Waals surface area contributed by atoms with Crippen LogP contribution in [-0.4, -0.2) is 15.3 Å². The van der Waals surface area contributed by atoms with E-state index in [1.807, 2.05) is 0 Å². The maximum Gasteiger partial charge on any atom is 0.417 e. The summed E-state index contributed by atoms with van der Waals surface area (Å²) in [6, 6.07) is 3.38. The van der Waals surface area contributed by atoms with Gasteiger partial charge in [-0.05, 0) is 18.2 Å². The van der Waals surface area contributed by atoms with Crippen LogP contribution in [0.2, 0.25) is 5.02 Å². The van der Waals surface area contributed by atoms with Crippen LogP contribution in [0.5, 0.6) is 0 Å². The molecule has 0 saturated carbocycles. The number of nitrogens with zero attached hydrogens (tertiary/aromatic N) is 2. The highest BCUT2D eigenvalue weighted by molar-refractivity contribution is 6.33. The highest BCUT2D eigenvalue weighted by Gasteiger charge is 2.32. The van der Waals surface area contributed by atoms with Crippen LogP contribution in [-0.2, 0) is 17.4 Å². The number of nitrogens with one attached hydrogen (secondary N) is 1. The van der Waals surface area contributed by atoms with Crippen LogP contribution >= 0.6 is 11.6 Å². The molecule has 0 fully saturated rings. The highest BCUT2D eigenvalue weighted by Crippen LogP contribution is 2.32. The van der Waals surface area contributed by atoms with Gasteiger partial charge in [0.1, 0.15) is 11.6 Å². The van der Waals surface area contributed by atoms with Crippen LogP contribution in [0, 0.1) is 11.6 Å². The third kappa shape index (κ3) is 3.77. The molecule has 0 saturated heterocycles. The van der Waals surface area contributed by atoms with E-state index in [9.17, 15) is 26.7 Å². The van der Waals surface area contributed by atoms with E-state index in [-0.39, 0.29) is 28.5 Å². The van der Waals surface area contributed by atoms with Gasteiger partial charge in [-0.25, -0.2) is 13.8 Å². The molecule has 0 aliphatic carbocycles. The Labute approximate surface area is 148 Å². The van der Waals surface area contributed by atoms with E-state index in [1.54, 1.807) is 0 Å². The van der Waals surface area contributed by atoms with E-state index in [2.05, 4.69) is 10.3 Å². The number of halogens is 6. The smallest absolute Gasteiger partial charge is 0.323 e. The third-order valence-electron chi connectivity index (χ3n) is 3.43. The summed E-state index contributed by atoms with van der Waals surface area (Å²) >= 11 is 5.81. The van der Waals surface area contributed by atoms with E-state index < -0.39 is 29.3 Å². The number of amides is 1. The van der Waals surface area contributed by atoms with Crippen molar-refractivity contribution in [2.45, 2.75) is 12.6 Å². The van der Waals surface area contributed by atoms with Gasteiger partial charge in [-0.15, -0.1) is 0 Å². The summed E-state index contributed by atoms with van der Waals surface area (Å²) in [6.07, 6.45) is -2.90. The Kier molecular flexibility index (Phi) is 4.57. The minimum Gasteiger partial charge on any atom is -0.323 e. The maximum absolute atomic E-state index is 13.5. The number of carbonyl (C=O) groups is 1. The molecule has 3 aromatic rings. The van der Waals surface area contributed by atoms with Gasteiger partial charge < -0.3 is 9.72 Å². The monoisotopic (exact) mass is 389 g/mol. The third-order valence-corrected chi connectivity index (χ3v) is 3.71. The van der Waals surface area contributed by atoms with Crippen molar-refractivity contribution in [2.75, 3.05) is 5.32 Å². The molecule has 0 aliphatic rings. The maximum atomic E-state index is 13.5. The Bertz CT molecular complexity index is 999. The lowest BCUT2D eigenvalue weighted by molar-refractivity contribution is -0.137. The Morgan fingerprint density at radius 2 is 1.92 bits per heavy atom. The molecule has 2 aromatic heterocycles. The van der Waals surface area contributed by atoms with Crippen LogP contribution in [0.3, 0.4) is 0 Å². The van der Waals surface area contributed by atoms with Crippen LogP contribution < -0.4 is 5.32 Å². The van der Waals surface area contributed by atoms with Gasteiger partial charge in [-0.3, -0.25) is 4.79 Å². The first-order valence-electron chi connectivity index (χ1n) is 7.13. The van der Waals surface area contributed by atoms with Gasteiger partial charge in [0.25, 0.3) is 0 Å². The average molecular weight is 390 g/mol. The summed E-state index contributed by atoms with van der Waals surface area (Å²) in [5.74, 6) is -2.42. The Morgan fingerprint density at radius 3 is 2.58 bits per heavy atom. The van der Waals surface area contributed by atoms with Crippen molar-refractivity contribution in [3.8, 4) is 0 Å². The van der Waals surface area contributed by atoms with Gasteiger partial charge in [0.15, 0.2) is 5.65 Å². The van der Waals surface area contributed by atoms with Crippen molar-refractivity contribution >= 4 is 28.8 Å². The normalized spacial score (nSPS) is 11.8. The first-order valence-corrected chi connectivity index (χ1v) is 7.50. The summed E-state index contributed by atoms with van der Waals surface area (Å²) in [4.78, 5) is 16.0. The molecule has 0 aliphatic heterocycles. The predicted octanol–water partition coefficient (Wildman–Crippen LogP) is 4.47. The number of carbonyl (C=O) groups excluding carboxylic acids is 1. The number of benzene rings is 1. The van der Waals surface area contributed by atoms with Gasteiger partial charge >= 0.3 is 6.18 Å². The molecule has 1 amide bonds. The molecular formula is C16H9ClF5N3O. The van der Waals surface area contributed by atoms with Crippen molar-refractivity contribution in [3.63, 3.8) is 0 Å². The zero-order valence-electron chi connectivity index (χ0n) is 12.7. The number of hydrogen-bond acceptors (Lipinski definition) is 2. The number of rotatable bonds is 3. The van der Waals surface area contributed by atoms with E-state index in [0.717, 1.165) is 28.8 Å². The molecule has 0 bridgehead atoms. The largest absolute Gasteiger partial charge is 0.417 e. The standard InChI is InChI=1S/C16H9ClF5N3O/c17-11-3-8(16(20,21)22)6-25-7-10(23-15(11)25)5-14(26)24-13-2-1-9(18)4-12(13)19/h1-4,6-7H,5H2,(H,24,26). The lowest BCUT2D eigenvalue weighted by Crippen LogP contribution is -2.15. The summed E-state index contributed by atoms with van der Waals surface area (Å²) in [5.41, 5.74) is -1.00. The lowest BCUT2D eigenvalue weighted by atomic mass is 10.2. The fourth-order valence-electron chi connectivity index (χ4n) is 2.30. The molecule has 0 atom stereocenters. The van der Waals surface area contributed by atoms with Crippen molar-refractivity contribution < 1.29 is 26.7 Å².